The van der Waals surface area contributed by atoms with Crippen molar-refractivity contribution < 1.29 is 5.11 Å². The summed E-state index contributed by atoms with van der Waals surface area (Å²) in [6.45, 7) is 0.294. The number of aliphatic hydroxyl groups is 1. The summed E-state index contributed by atoms with van der Waals surface area (Å²) in [4.78, 5) is 5.15. The monoisotopic (exact) mass is 203 g/mol. The summed E-state index contributed by atoms with van der Waals surface area (Å²) in [7, 11) is 0. The van der Waals surface area contributed by atoms with E-state index in [1.165, 1.54) is 16.2 Å². The molecule has 0 radical (unpaired) electrons. The highest BCUT2D eigenvalue weighted by molar-refractivity contribution is 7.15. The fourth-order valence-electron chi connectivity index (χ4n) is 1.30. The van der Waals surface area contributed by atoms with E-state index >= 15 is 0 Å². The first-order valence-electron chi connectivity index (χ1n) is 3.95. The molecule has 0 bridgehead atoms. The molecular weight excluding hydrogens is 194 g/mol. The third kappa shape index (κ3) is 1.63. The minimum Gasteiger partial charge on any atom is -0.396 e. The molecule has 12 heavy (non-hydrogen) atoms. The average molecular weight is 204 g/mol. The molecule has 2 rings (SSSR count). The maximum atomic E-state index is 9.08. The van der Waals surface area contributed by atoms with Crippen LogP contribution in [0, 0.1) is 5.41 Å². The fraction of sp³-hybridized carbons (Fsp3) is 0.625. The van der Waals surface area contributed by atoms with Gasteiger partial charge < -0.3 is 5.11 Å². The van der Waals surface area contributed by atoms with Crippen LogP contribution in [0.25, 0.3) is 0 Å². The Bertz CT molecular complexity index is 282. The van der Waals surface area contributed by atoms with Crippen molar-refractivity contribution in [1.82, 2.24) is 4.98 Å². The van der Waals surface area contributed by atoms with E-state index in [1.807, 2.05) is 6.20 Å². The van der Waals surface area contributed by atoms with Crippen LogP contribution in [-0.4, -0.2) is 16.7 Å². The number of nitrogens with zero attached hydrogens (tertiary/aromatic N) is 1. The molecule has 0 unspecified atom stereocenters. The van der Waals surface area contributed by atoms with Crippen molar-refractivity contribution in [3.63, 3.8) is 0 Å². The zero-order valence-electron chi connectivity index (χ0n) is 6.59. The molecule has 2 nitrogen and oxygen atoms in total. The first-order valence-corrected chi connectivity index (χ1v) is 5.15. The molecule has 0 spiro atoms. The highest BCUT2D eigenvalue weighted by atomic mass is 35.5. The molecule has 1 N–H and O–H groups in total. The molecule has 0 amide bonds. The maximum absolute atomic E-state index is 9.08. The molecule has 1 aromatic heterocycles. The lowest BCUT2D eigenvalue weighted by molar-refractivity contribution is 0.212. The standard InChI is InChI=1S/C8H10ClNOS/c9-7-10-4-6(12-7)3-8(5-11)1-2-8/h4,11H,1-3,5H2. The molecular formula is C8H10ClNOS. The third-order valence-electron chi connectivity index (χ3n) is 2.37. The summed E-state index contributed by atoms with van der Waals surface area (Å²) in [5, 5.41) is 9.08. The lowest BCUT2D eigenvalue weighted by Gasteiger charge is -2.07. The average Bonchev–Trinajstić information content (AvgIpc) is 2.71. The van der Waals surface area contributed by atoms with Gasteiger partial charge in [-0.15, -0.1) is 11.3 Å². The number of hydrogen-bond acceptors (Lipinski definition) is 3. The van der Waals surface area contributed by atoms with Crippen LogP contribution >= 0.6 is 22.9 Å². The van der Waals surface area contributed by atoms with Crippen molar-refractivity contribution in [2.24, 2.45) is 5.41 Å². The first-order chi connectivity index (χ1) is 5.74. The molecule has 1 aliphatic carbocycles. The van der Waals surface area contributed by atoms with Crippen LogP contribution in [0.1, 0.15) is 17.7 Å². The Hall–Kier alpha value is -0.120. The van der Waals surface area contributed by atoms with E-state index in [-0.39, 0.29) is 5.41 Å². The Kier molecular flexibility index (Phi) is 2.10. The van der Waals surface area contributed by atoms with Crippen molar-refractivity contribution >= 4 is 22.9 Å². The van der Waals surface area contributed by atoms with Gasteiger partial charge >= 0.3 is 0 Å². The largest absolute Gasteiger partial charge is 0.396 e. The quantitative estimate of drug-likeness (QED) is 0.817. The van der Waals surface area contributed by atoms with Gasteiger partial charge in [0, 0.05) is 17.7 Å². The van der Waals surface area contributed by atoms with E-state index in [0.717, 1.165) is 19.3 Å². The van der Waals surface area contributed by atoms with E-state index in [0.29, 0.717) is 11.1 Å². The van der Waals surface area contributed by atoms with E-state index in [1.54, 1.807) is 0 Å². The van der Waals surface area contributed by atoms with Gasteiger partial charge in [0.25, 0.3) is 0 Å². The normalized spacial score (nSPS) is 19.5. The van der Waals surface area contributed by atoms with Gasteiger partial charge in [-0.3, -0.25) is 0 Å². The predicted molar refractivity (Wildman–Crippen MR) is 49.6 cm³/mol. The zero-order chi connectivity index (χ0) is 8.60. The summed E-state index contributed by atoms with van der Waals surface area (Å²) < 4.78 is 0.596. The Morgan fingerprint density at radius 3 is 2.83 bits per heavy atom. The number of aliphatic hydroxyl groups excluding tert-OH is 1. The Morgan fingerprint density at radius 1 is 1.67 bits per heavy atom. The van der Waals surface area contributed by atoms with Gasteiger partial charge in [0.05, 0.1) is 0 Å². The SMILES string of the molecule is OCC1(Cc2cnc(Cl)s2)CC1. The summed E-state index contributed by atoms with van der Waals surface area (Å²) in [6.07, 6.45) is 5.02. The molecule has 0 aromatic carbocycles. The predicted octanol–water partition coefficient (Wildman–Crippen LogP) is 2.11. The van der Waals surface area contributed by atoms with E-state index in [4.69, 9.17) is 16.7 Å². The van der Waals surface area contributed by atoms with Crippen molar-refractivity contribution in [2.45, 2.75) is 19.3 Å². The van der Waals surface area contributed by atoms with Crippen LogP contribution in [0.5, 0.6) is 0 Å². The van der Waals surface area contributed by atoms with Gasteiger partial charge in [0.15, 0.2) is 4.47 Å². The van der Waals surface area contributed by atoms with Crippen molar-refractivity contribution in [3.8, 4) is 0 Å². The molecule has 0 aliphatic heterocycles. The van der Waals surface area contributed by atoms with Crippen LogP contribution in [0.2, 0.25) is 4.47 Å². The van der Waals surface area contributed by atoms with Crippen LogP contribution in [-0.2, 0) is 6.42 Å². The number of aromatic nitrogens is 1. The molecule has 1 aromatic rings. The molecule has 1 heterocycles. The van der Waals surface area contributed by atoms with Gasteiger partial charge in [-0.25, -0.2) is 4.98 Å². The highest BCUT2D eigenvalue weighted by Crippen LogP contribution is 2.48. The van der Waals surface area contributed by atoms with Crippen LogP contribution in [0.3, 0.4) is 0 Å². The van der Waals surface area contributed by atoms with E-state index in [9.17, 15) is 0 Å². The van der Waals surface area contributed by atoms with Crippen molar-refractivity contribution in [2.75, 3.05) is 6.61 Å². The van der Waals surface area contributed by atoms with Crippen LogP contribution in [0.4, 0.5) is 0 Å². The smallest absolute Gasteiger partial charge is 0.183 e. The van der Waals surface area contributed by atoms with Gasteiger partial charge in [-0.05, 0) is 24.7 Å². The highest BCUT2D eigenvalue weighted by Gasteiger charge is 2.42. The second-order valence-electron chi connectivity index (χ2n) is 3.41. The topological polar surface area (TPSA) is 33.1 Å². The van der Waals surface area contributed by atoms with Gasteiger partial charge in [0.2, 0.25) is 0 Å². The van der Waals surface area contributed by atoms with Crippen LogP contribution in [0.15, 0.2) is 6.20 Å². The summed E-state index contributed by atoms with van der Waals surface area (Å²) in [6, 6.07) is 0. The second-order valence-corrected chi connectivity index (χ2v) is 5.11. The minimum absolute atomic E-state index is 0.176. The van der Waals surface area contributed by atoms with E-state index < -0.39 is 0 Å². The van der Waals surface area contributed by atoms with Crippen molar-refractivity contribution in [3.05, 3.63) is 15.5 Å². The van der Waals surface area contributed by atoms with Crippen LogP contribution < -0.4 is 0 Å². The number of rotatable bonds is 3. The summed E-state index contributed by atoms with van der Waals surface area (Å²) >= 11 is 7.21. The number of halogens is 1. The van der Waals surface area contributed by atoms with Gasteiger partial charge in [-0.1, -0.05) is 11.6 Å². The minimum atomic E-state index is 0.176. The summed E-state index contributed by atoms with van der Waals surface area (Å²) in [5.74, 6) is 0. The van der Waals surface area contributed by atoms with Crippen molar-refractivity contribution in [1.29, 1.82) is 0 Å². The summed E-state index contributed by atoms with van der Waals surface area (Å²) in [5.41, 5.74) is 0.176. The zero-order valence-corrected chi connectivity index (χ0v) is 8.16. The number of thiazole rings is 1. The Balaban J connectivity index is 2.04. The van der Waals surface area contributed by atoms with E-state index in [2.05, 4.69) is 4.98 Å². The lowest BCUT2D eigenvalue weighted by Crippen LogP contribution is -2.08. The molecule has 1 aliphatic rings. The third-order valence-corrected chi connectivity index (χ3v) is 3.48. The molecule has 4 heteroatoms. The lowest BCUT2D eigenvalue weighted by atomic mass is 10.0. The van der Waals surface area contributed by atoms with Gasteiger partial charge in [0.1, 0.15) is 0 Å². The maximum Gasteiger partial charge on any atom is 0.183 e. The molecule has 1 saturated carbocycles. The van der Waals surface area contributed by atoms with Gasteiger partial charge in [-0.2, -0.15) is 0 Å². The first kappa shape index (κ1) is 8.48. The Morgan fingerprint density at radius 2 is 2.42 bits per heavy atom. The molecule has 0 saturated heterocycles. The number of hydrogen-bond donors (Lipinski definition) is 1. The molecule has 1 fully saturated rings. The fourth-order valence-corrected chi connectivity index (χ4v) is 2.45. The molecule has 66 valence electrons. The Labute approximate surface area is 80.2 Å². The molecule has 0 atom stereocenters. The second kappa shape index (κ2) is 2.98.